The van der Waals surface area contributed by atoms with Crippen molar-refractivity contribution in [3.8, 4) is 16.9 Å². The lowest BCUT2D eigenvalue weighted by Crippen LogP contribution is -2.22. The van der Waals surface area contributed by atoms with Gasteiger partial charge in [0.25, 0.3) is 0 Å². The van der Waals surface area contributed by atoms with E-state index in [0.29, 0.717) is 6.07 Å². The average Bonchev–Trinajstić information content (AvgIpc) is 2.69. The molecule has 0 atom stereocenters. The van der Waals surface area contributed by atoms with Gasteiger partial charge in [0.2, 0.25) is 0 Å². The predicted octanol–water partition coefficient (Wildman–Crippen LogP) is 8.74. The van der Waals surface area contributed by atoms with Gasteiger partial charge in [0.1, 0.15) is 34.6 Å². The number of benzene rings is 3. The van der Waals surface area contributed by atoms with Crippen LogP contribution in [0.25, 0.3) is 11.1 Å². The van der Waals surface area contributed by atoms with Gasteiger partial charge in [-0.3, -0.25) is 0 Å². The van der Waals surface area contributed by atoms with Gasteiger partial charge in [-0.1, -0.05) is 31.5 Å². The molecule has 0 amide bonds. The van der Waals surface area contributed by atoms with Crippen LogP contribution in [0.5, 0.6) is 5.75 Å². The van der Waals surface area contributed by atoms with E-state index in [-0.39, 0.29) is 12.1 Å². The molecule has 11 heteroatoms. The van der Waals surface area contributed by atoms with E-state index in [1.54, 1.807) is 0 Å². The smallest absolute Gasteiger partial charge is 0.428 e. The Morgan fingerprint density at radius 2 is 1.30 bits per heavy atom. The van der Waals surface area contributed by atoms with Gasteiger partial charge in [0.05, 0.1) is 10.6 Å². The van der Waals surface area contributed by atoms with Crippen LogP contribution in [0.4, 0.5) is 39.5 Å². The summed E-state index contributed by atoms with van der Waals surface area (Å²) in [5.41, 5.74) is -4.37. The van der Waals surface area contributed by atoms with E-state index in [1.165, 1.54) is 0 Å². The molecule has 1 nitrogen and oxygen atoms in total. The second-order valence-corrected chi connectivity index (χ2v) is 6.55. The largest absolute Gasteiger partial charge is 0.429 e. The van der Waals surface area contributed by atoms with E-state index >= 15 is 0 Å². The predicted molar refractivity (Wildman–Crippen MR) is 104 cm³/mol. The molecule has 0 aliphatic rings. The number of rotatable bonds is 4. The highest BCUT2D eigenvalue weighted by Gasteiger charge is 2.39. The molecule has 3 rings (SSSR count). The molecule has 0 aliphatic heterocycles. The first-order valence-corrected chi connectivity index (χ1v) is 9.56. The zero-order valence-corrected chi connectivity index (χ0v) is 17.6. The lowest BCUT2D eigenvalue weighted by molar-refractivity contribution is -0.185. The Balaban J connectivity index is 0.00000187. The fourth-order valence-corrected chi connectivity index (χ4v) is 2.96. The molecular weight excluding hydrogens is 487 g/mol. The van der Waals surface area contributed by atoms with Crippen LogP contribution in [-0.4, -0.2) is 0 Å². The average molecular weight is 501 g/mol. The third-order valence-corrected chi connectivity index (χ3v) is 4.47. The Morgan fingerprint density at radius 3 is 1.82 bits per heavy atom. The van der Waals surface area contributed by atoms with Gasteiger partial charge in [-0.15, -0.1) is 0 Å². The van der Waals surface area contributed by atoms with Gasteiger partial charge in [-0.05, 0) is 42.0 Å². The quantitative estimate of drug-likeness (QED) is 0.325. The molecule has 0 spiro atoms. The van der Waals surface area contributed by atoms with Gasteiger partial charge >= 0.3 is 12.3 Å². The summed E-state index contributed by atoms with van der Waals surface area (Å²) in [6, 6.07) is 5.05. The van der Waals surface area contributed by atoms with E-state index in [9.17, 15) is 39.5 Å². The van der Waals surface area contributed by atoms with E-state index in [1.807, 2.05) is 13.8 Å². The molecule has 3 aromatic carbocycles. The lowest BCUT2D eigenvalue weighted by Gasteiger charge is -2.20. The molecule has 0 N–H and O–H groups in total. The third kappa shape index (κ3) is 5.73. The van der Waals surface area contributed by atoms with Crippen LogP contribution >= 0.6 is 11.6 Å². The first-order chi connectivity index (χ1) is 15.3. The number of alkyl halides is 5. The molecule has 0 aliphatic carbocycles. The topological polar surface area (TPSA) is 9.23 Å². The molecule has 0 radical (unpaired) electrons. The third-order valence-electron chi connectivity index (χ3n) is 4.09. The van der Waals surface area contributed by atoms with Crippen LogP contribution in [0, 0.1) is 23.3 Å². The summed E-state index contributed by atoms with van der Waals surface area (Å²) in [6.07, 6.45) is -9.49. The van der Waals surface area contributed by atoms with Gasteiger partial charge in [0, 0.05) is 11.6 Å². The molecule has 33 heavy (non-hydrogen) atoms. The maximum atomic E-state index is 14.4. The minimum atomic E-state index is -5.31. The summed E-state index contributed by atoms with van der Waals surface area (Å²) < 4.78 is 126. The summed E-state index contributed by atoms with van der Waals surface area (Å²) >= 11 is 5.49. The van der Waals surface area contributed by atoms with Gasteiger partial charge in [0.15, 0.2) is 0 Å². The summed E-state index contributed by atoms with van der Waals surface area (Å²) in [7, 11) is 0. The van der Waals surface area contributed by atoms with Crippen molar-refractivity contribution in [2.24, 2.45) is 0 Å². The lowest BCUT2D eigenvalue weighted by atomic mass is 10.0. The molecule has 3 aromatic rings. The van der Waals surface area contributed by atoms with Crippen molar-refractivity contribution in [2.75, 3.05) is 0 Å². The Kier molecular flexibility index (Phi) is 7.95. The number of hydrogen-bond donors (Lipinski definition) is 0. The monoisotopic (exact) mass is 500 g/mol. The van der Waals surface area contributed by atoms with Crippen molar-refractivity contribution in [1.29, 1.82) is 0 Å². The van der Waals surface area contributed by atoms with Crippen molar-refractivity contribution in [3.05, 3.63) is 87.9 Å². The Labute approximate surface area is 187 Å². The summed E-state index contributed by atoms with van der Waals surface area (Å²) in [6.45, 7) is 4.00. The summed E-state index contributed by atoms with van der Waals surface area (Å²) in [5, 5.41) is -0.916. The Morgan fingerprint density at radius 1 is 0.727 bits per heavy atom. The summed E-state index contributed by atoms with van der Waals surface area (Å²) in [5.74, 6) is -7.18. The SMILES string of the molecule is CC.Fc1cc(OC(F)(F)c2cccc(F)c2Cl)ccc1-c1cc(F)c(C(F)(F)F)c(F)c1. The zero-order valence-electron chi connectivity index (χ0n) is 16.8. The standard InChI is InChI=1S/C20H8ClF9O.C2H6/c21-18-12(2-1-3-13(18)22)20(29,30)31-10-4-5-11(14(23)8-10)9-6-15(24)17(16(25)7-9)19(26,27)28;1-2/h1-8H;1-2H3. The van der Waals surface area contributed by atoms with Crippen LogP contribution in [0.15, 0.2) is 48.5 Å². The van der Waals surface area contributed by atoms with Crippen molar-refractivity contribution in [2.45, 2.75) is 26.1 Å². The zero-order chi connectivity index (χ0) is 25.1. The minimum Gasteiger partial charge on any atom is -0.429 e. The molecule has 0 bridgehead atoms. The maximum absolute atomic E-state index is 14.4. The van der Waals surface area contributed by atoms with Crippen LogP contribution in [0.2, 0.25) is 5.02 Å². The number of ether oxygens (including phenoxy) is 1. The van der Waals surface area contributed by atoms with E-state index in [2.05, 4.69) is 4.74 Å². The van der Waals surface area contributed by atoms with E-state index < -0.39 is 68.6 Å². The molecule has 0 aromatic heterocycles. The first kappa shape index (κ1) is 26.4. The molecule has 0 fully saturated rings. The van der Waals surface area contributed by atoms with Crippen molar-refractivity contribution in [1.82, 2.24) is 0 Å². The van der Waals surface area contributed by atoms with Crippen LogP contribution in [0.3, 0.4) is 0 Å². The molecule has 178 valence electrons. The van der Waals surface area contributed by atoms with Crippen molar-refractivity contribution >= 4 is 11.6 Å². The van der Waals surface area contributed by atoms with Crippen molar-refractivity contribution in [3.63, 3.8) is 0 Å². The minimum absolute atomic E-state index is 0.256. The van der Waals surface area contributed by atoms with E-state index in [0.717, 1.165) is 30.3 Å². The van der Waals surface area contributed by atoms with Crippen LogP contribution in [-0.2, 0) is 12.3 Å². The molecule has 0 saturated carbocycles. The number of hydrogen-bond acceptors (Lipinski definition) is 1. The maximum Gasteiger partial charge on any atom is 0.428 e. The van der Waals surface area contributed by atoms with Gasteiger partial charge in [-0.25, -0.2) is 17.6 Å². The van der Waals surface area contributed by atoms with Gasteiger partial charge in [-0.2, -0.15) is 22.0 Å². The fourth-order valence-electron chi connectivity index (χ4n) is 2.72. The van der Waals surface area contributed by atoms with Crippen molar-refractivity contribution < 1.29 is 44.3 Å². The molecular formula is C22H14ClF9O. The second kappa shape index (κ2) is 9.94. The first-order valence-electron chi connectivity index (χ1n) is 9.18. The highest BCUT2D eigenvalue weighted by atomic mass is 35.5. The fraction of sp³-hybridized carbons (Fsp3) is 0.182. The number of halogens is 10. The highest BCUT2D eigenvalue weighted by Crippen LogP contribution is 2.39. The molecule has 0 heterocycles. The van der Waals surface area contributed by atoms with Crippen LogP contribution < -0.4 is 4.74 Å². The Hall–Kier alpha value is -2.88. The van der Waals surface area contributed by atoms with Gasteiger partial charge < -0.3 is 4.74 Å². The highest BCUT2D eigenvalue weighted by molar-refractivity contribution is 6.31. The van der Waals surface area contributed by atoms with Crippen LogP contribution in [0.1, 0.15) is 25.0 Å². The van der Waals surface area contributed by atoms with E-state index in [4.69, 9.17) is 11.6 Å². The molecule has 0 saturated heterocycles. The Bertz CT molecular complexity index is 1120. The second-order valence-electron chi connectivity index (χ2n) is 6.17. The summed E-state index contributed by atoms with van der Waals surface area (Å²) in [4.78, 5) is 0. The molecule has 0 unspecified atom stereocenters. The normalized spacial score (nSPS) is 11.6.